The van der Waals surface area contributed by atoms with Crippen LogP contribution in [0.25, 0.3) is 0 Å². The van der Waals surface area contributed by atoms with E-state index in [0.717, 1.165) is 12.4 Å². The van der Waals surface area contributed by atoms with E-state index in [1.807, 2.05) is 12.4 Å². The number of aromatic amines is 1. The number of hydrogen-bond acceptors (Lipinski definition) is 2. The zero-order valence-electron chi connectivity index (χ0n) is 9.29. The summed E-state index contributed by atoms with van der Waals surface area (Å²) in [5.41, 5.74) is 0. The number of imidazole rings is 1. The maximum absolute atomic E-state index is 4.25. The van der Waals surface area contributed by atoms with E-state index in [9.17, 15) is 0 Å². The molecule has 1 aromatic heterocycles. The number of rotatable bonds is 7. The van der Waals surface area contributed by atoms with Crippen LogP contribution >= 0.6 is 0 Å². The lowest BCUT2D eigenvalue weighted by molar-refractivity contribution is 0.256. The molecule has 0 atom stereocenters. The fourth-order valence-electron chi connectivity index (χ4n) is 1.56. The minimum Gasteiger partial charge on any atom is -0.348 e. The SMILES string of the molecule is CCCCN(CCC)Cc1ncc[nH]1. The van der Waals surface area contributed by atoms with Crippen molar-refractivity contribution >= 4 is 0 Å². The Morgan fingerprint density at radius 2 is 2.14 bits per heavy atom. The predicted molar refractivity (Wildman–Crippen MR) is 59.1 cm³/mol. The molecule has 0 saturated carbocycles. The molecule has 3 heteroatoms. The fraction of sp³-hybridized carbons (Fsp3) is 0.727. The second-order valence-electron chi connectivity index (χ2n) is 3.67. The molecule has 0 radical (unpaired) electrons. The minimum absolute atomic E-state index is 0.959. The summed E-state index contributed by atoms with van der Waals surface area (Å²) in [6.45, 7) is 7.77. The van der Waals surface area contributed by atoms with Gasteiger partial charge in [-0.3, -0.25) is 4.90 Å². The molecule has 0 aliphatic heterocycles. The first-order valence-corrected chi connectivity index (χ1v) is 5.57. The third-order valence-corrected chi connectivity index (χ3v) is 2.30. The highest BCUT2D eigenvalue weighted by atomic mass is 15.1. The van der Waals surface area contributed by atoms with E-state index in [1.165, 1.54) is 32.4 Å². The van der Waals surface area contributed by atoms with Crippen LogP contribution in [0.2, 0.25) is 0 Å². The number of hydrogen-bond donors (Lipinski definition) is 1. The van der Waals surface area contributed by atoms with Crippen molar-refractivity contribution in [3.63, 3.8) is 0 Å². The highest BCUT2D eigenvalue weighted by Crippen LogP contribution is 2.02. The first kappa shape index (κ1) is 11.2. The normalized spacial score (nSPS) is 11.1. The molecule has 0 aromatic carbocycles. The molecule has 0 amide bonds. The van der Waals surface area contributed by atoms with Crippen molar-refractivity contribution in [1.29, 1.82) is 0 Å². The van der Waals surface area contributed by atoms with Gasteiger partial charge in [0.25, 0.3) is 0 Å². The molecule has 0 aliphatic carbocycles. The summed E-state index contributed by atoms with van der Waals surface area (Å²) in [5.74, 6) is 1.08. The van der Waals surface area contributed by atoms with Crippen molar-refractivity contribution in [3.05, 3.63) is 18.2 Å². The van der Waals surface area contributed by atoms with Crippen LogP contribution in [0, 0.1) is 0 Å². The Bertz CT molecular complexity index is 218. The lowest BCUT2D eigenvalue weighted by atomic mass is 10.3. The number of H-pyrrole nitrogens is 1. The molecular formula is C11H21N3. The number of nitrogens with one attached hydrogen (secondary N) is 1. The third kappa shape index (κ3) is 3.92. The van der Waals surface area contributed by atoms with Gasteiger partial charge in [-0.25, -0.2) is 4.98 Å². The zero-order valence-corrected chi connectivity index (χ0v) is 9.29. The summed E-state index contributed by atoms with van der Waals surface area (Å²) in [7, 11) is 0. The Hall–Kier alpha value is -0.830. The molecule has 0 bridgehead atoms. The largest absolute Gasteiger partial charge is 0.348 e. The molecule has 0 unspecified atom stereocenters. The van der Waals surface area contributed by atoms with Gasteiger partial charge in [0.05, 0.1) is 6.54 Å². The fourth-order valence-corrected chi connectivity index (χ4v) is 1.56. The van der Waals surface area contributed by atoms with Gasteiger partial charge >= 0.3 is 0 Å². The van der Waals surface area contributed by atoms with Gasteiger partial charge < -0.3 is 4.98 Å². The van der Waals surface area contributed by atoms with Crippen molar-refractivity contribution in [2.75, 3.05) is 13.1 Å². The van der Waals surface area contributed by atoms with Gasteiger partial charge in [-0.1, -0.05) is 20.3 Å². The molecule has 80 valence electrons. The summed E-state index contributed by atoms with van der Waals surface area (Å²) in [6, 6.07) is 0. The monoisotopic (exact) mass is 195 g/mol. The van der Waals surface area contributed by atoms with Gasteiger partial charge in [-0.15, -0.1) is 0 Å². The van der Waals surface area contributed by atoms with E-state index in [4.69, 9.17) is 0 Å². The van der Waals surface area contributed by atoms with Crippen LogP contribution in [0.1, 0.15) is 38.9 Å². The van der Waals surface area contributed by atoms with Crippen molar-refractivity contribution in [1.82, 2.24) is 14.9 Å². The van der Waals surface area contributed by atoms with Crippen LogP contribution in [0.3, 0.4) is 0 Å². The Balaban J connectivity index is 2.34. The lowest BCUT2D eigenvalue weighted by Crippen LogP contribution is -2.25. The van der Waals surface area contributed by atoms with Crippen LogP contribution in [0.15, 0.2) is 12.4 Å². The smallest absolute Gasteiger partial charge is 0.120 e. The van der Waals surface area contributed by atoms with E-state index in [1.54, 1.807) is 0 Å². The van der Waals surface area contributed by atoms with Crippen molar-refractivity contribution < 1.29 is 0 Å². The summed E-state index contributed by atoms with van der Waals surface area (Å²) >= 11 is 0. The van der Waals surface area contributed by atoms with Crippen molar-refractivity contribution in [2.24, 2.45) is 0 Å². The maximum atomic E-state index is 4.25. The number of unbranched alkanes of at least 4 members (excludes halogenated alkanes) is 1. The molecule has 1 heterocycles. The molecular weight excluding hydrogens is 174 g/mol. The van der Waals surface area contributed by atoms with Gasteiger partial charge in [0.15, 0.2) is 0 Å². The van der Waals surface area contributed by atoms with Gasteiger partial charge in [0.1, 0.15) is 5.82 Å². The minimum atomic E-state index is 0.959. The topological polar surface area (TPSA) is 31.9 Å². The van der Waals surface area contributed by atoms with E-state index < -0.39 is 0 Å². The quantitative estimate of drug-likeness (QED) is 0.724. The van der Waals surface area contributed by atoms with Crippen LogP contribution in [-0.2, 0) is 6.54 Å². The molecule has 14 heavy (non-hydrogen) atoms. The molecule has 0 saturated heterocycles. The van der Waals surface area contributed by atoms with E-state index in [2.05, 4.69) is 28.7 Å². The molecule has 1 aromatic rings. The van der Waals surface area contributed by atoms with E-state index in [-0.39, 0.29) is 0 Å². The van der Waals surface area contributed by atoms with E-state index >= 15 is 0 Å². The summed E-state index contributed by atoms with van der Waals surface area (Å²) < 4.78 is 0. The lowest BCUT2D eigenvalue weighted by Gasteiger charge is -2.19. The zero-order chi connectivity index (χ0) is 10.2. The maximum Gasteiger partial charge on any atom is 0.120 e. The standard InChI is InChI=1S/C11H21N3/c1-3-5-9-14(8-4-2)10-11-12-6-7-13-11/h6-7H,3-5,8-10H2,1-2H3,(H,12,13). The molecule has 1 rings (SSSR count). The first-order valence-electron chi connectivity index (χ1n) is 5.57. The van der Waals surface area contributed by atoms with Crippen LogP contribution < -0.4 is 0 Å². The molecule has 0 aliphatic rings. The summed E-state index contributed by atoms with van der Waals surface area (Å²) in [5, 5.41) is 0. The predicted octanol–water partition coefficient (Wildman–Crippen LogP) is 2.42. The number of aromatic nitrogens is 2. The average molecular weight is 195 g/mol. The Morgan fingerprint density at radius 3 is 2.71 bits per heavy atom. The van der Waals surface area contributed by atoms with Crippen LogP contribution in [-0.4, -0.2) is 28.0 Å². The van der Waals surface area contributed by atoms with Crippen LogP contribution in [0.4, 0.5) is 0 Å². The Kier molecular flexibility index (Phi) is 5.30. The molecule has 1 N–H and O–H groups in total. The highest BCUT2D eigenvalue weighted by molar-refractivity contribution is 4.86. The van der Waals surface area contributed by atoms with Gasteiger partial charge in [-0.05, 0) is 25.9 Å². The van der Waals surface area contributed by atoms with Gasteiger partial charge in [0, 0.05) is 12.4 Å². The Labute approximate surface area is 86.5 Å². The second-order valence-corrected chi connectivity index (χ2v) is 3.67. The summed E-state index contributed by atoms with van der Waals surface area (Å²) in [4.78, 5) is 9.86. The van der Waals surface area contributed by atoms with Gasteiger partial charge in [0.2, 0.25) is 0 Å². The first-order chi connectivity index (χ1) is 6.86. The van der Waals surface area contributed by atoms with E-state index in [0.29, 0.717) is 0 Å². The highest BCUT2D eigenvalue weighted by Gasteiger charge is 2.05. The molecule has 3 nitrogen and oxygen atoms in total. The van der Waals surface area contributed by atoms with Crippen LogP contribution in [0.5, 0.6) is 0 Å². The second kappa shape index (κ2) is 6.60. The molecule has 0 spiro atoms. The molecule has 0 fully saturated rings. The van der Waals surface area contributed by atoms with Gasteiger partial charge in [-0.2, -0.15) is 0 Å². The number of nitrogens with zero attached hydrogens (tertiary/aromatic N) is 2. The average Bonchev–Trinajstić information content (AvgIpc) is 2.67. The third-order valence-electron chi connectivity index (χ3n) is 2.30. The van der Waals surface area contributed by atoms with Crippen molar-refractivity contribution in [3.8, 4) is 0 Å². The Morgan fingerprint density at radius 1 is 1.29 bits per heavy atom. The van der Waals surface area contributed by atoms with Crippen molar-refractivity contribution in [2.45, 2.75) is 39.7 Å². The summed E-state index contributed by atoms with van der Waals surface area (Å²) in [6.07, 6.45) is 7.46.